The van der Waals surface area contributed by atoms with Gasteiger partial charge in [-0.25, -0.2) is 9.18 Å². The number of β-lactam (4-membered cyclic amide) rings is 1. The first-order valence-electron chi connectivity index (χ1n) is 9.48. The molecule has 2 N–H and O–H groups in total. The SMILES string of the molecule is CCC1C(=O)N2C(C(=O)OCc3ccc(F)cc3)=C(S(=O)CCCC(N)=O)CC12. The Bertz CT molecular complexity index is 883. The number of esters is 1. The lowest BCUT2D eigenvalue weighted by Gasteiger charge is -2.43. The Morgan fingerprint density at radius 3 is 2.62 bits per heavy atom. The zero-order valence-electron chi connectivity index (χ0n) is 16.1. The normalized spacial score (nSPS) is 21.6. The zero-order chi connectivity index (χ0) is 21.1. The average Bonchev–Trinajstić information content (AvgIpc) is 3.03. The lowest BCUT2D eigenvalue weighted by molar-refractivity contribution is -0.157. The third-order valence-electron chi connectivity index (χ3n) is 5.19. The maximum absolute atomic E-state index is 13.0. The molecule has 1 aromatic rings. The van der Waals surface area contributed by atoms with Crippen molar-refractivity contribution in [1.29, 1.82) is 0 Å². The van der Waals surface area contributed by atoms with Crippen molar-refractivity contribution < 1.29 is 27.7 Å². The molecule has 0 aliphatic carbocycles. The van der Waals surface area contributed by atoms with Crippen molar-refractivity contribution in [1.82, 2.24) is 4.90 Å². The van der Waals surface area contributed by atoms with Gasteiger partial charge in [0.15, 0.2) is 0 Å². The summed E-state index contributed by atoms with van der Waals surface area (Å²) in [6, 6.07) is 5.34. The summed E-state index contributed by atoms with van der Waals surface area (Å²) in [7, 11) is -1.52. The van der Waals surface area contributed by atoms with Gasteiger partial charge in [0.25, 0.3) is 0 Å². The Hall–Kier alpha value is -2.55. The van der Waals surface area contributed by atoms with Crippen LogP contribution in [0.25, 0.3) is 0 Å². The van der Waals surface area contributed by atoms with Crippen molar-refractivity contribution in [3.8, 4) is 0 Å². The molecule has 0 spiro atoms. The number of amides is 2. The molecule has 9 heteroatoms. The summed E-state index contributed by atoms with van der Waals surface area (Å²) < 4.78 is 31.1. The Morgan fingerprint density at radius 2 is 2.00 bits per heavy atom. The van der Waals surface area contributed by atoms with Crippen LogP contribution >= 0.6 is 0 Å². The predicted octanol–water partition coefficient (Wildman–Crippen LogP) is 1.74. The van der Waals surface area contributed by atoms with Crippen LogP contribution in [0.5, 0.6) is 0 Å². The van der Waals surface area contributed by atoms with Crippen molar-refractivity contribution in [3.05, 3.63) is 46.2 Å². The number of primary amides is 1. The molecule has 1 fully saturated rings. The fourth-order valence-electron chi connectivity index (χ4n) is 3.69. The maximum Gasteiger partial charge on any atom is 0.356 e. The van der Waals surface area contributed by atoms with Gasteiger partial charge in [0.05, 0.1) is 22.8 Å². The van der Waals surface area contributed by atoms with Gasteiger partial charge >= 0.3 is 5.97 Å². The first kappa shape index (κ1) is 21.2. The summed E-state index contributed by atoms with van der Waals surface area (Å²) in [5.41, 5.74) is 5.76. The average molecular weight is 422 g/mol. The largest absolute Gasteiger partial charge is 0.456 e. The molecule has 0 aromatic heterocycles. The van der Waals surface area contributed by atoms with Crippen LogP contribution in [0.1, 0.15) is 38.2 Å². The molecule has 1 aromatic carbocycles. The number of halogens is 1. The van der Waals surface area contributed by atoms with Crippen molar-refractivity contribution in [2.45, 2.75) is 45.3 Å². The topological polar surface area (TPSA) is 107 Å². The van der Waals surface area contributed by atoms with Crippen molar-refractivity contribution in [2.24, 2.45) is 11.7 Å². The third kappa shape index (κ3) is 4.39. The standard InChI is InChI=1S/C20H23FN2O5S/c1-2-14-15-10-16(29(27)9-3-4-17(22)24)18(23(15)19(14)25)20(26)28-11-12-5-7-13(21)8-6-12/h5-8,14-15H,2-4,9-11H2,1H3,(H2,22,24). The minimum atomic E-state index is -1.52. The van der Waals surface area contributed by atoms with E-state index in [1.54, 1.807) is 0 Å². The number of hydrogen-bond donors (Lipinski definition) is 1. The van der Waals surface area contributed by atoms with Crippen molar-refractivity contribution in [2.75, 3.05) is 5.75 Å². The molecule has 2 aliphatic heterocycles. The van der Waals surface area contributed by atoms with Crippen LogP contribution in [0, 0.1) is 11.7 Å². The third-order valence-corrected chi connectivity index (χ3v) is 6.76. The summed E-state index contributed by atoms with van der Waals surface area (Å²) in [5, 5.41) is 0. The molecule has 3 unspecified atom stereocenters. The summed E-state index contributed by atoms with van der Waals surface area (Å²) in [5.74, 6) is -1.79. The predicted molar refractivity (Wildman–Crippen MR) is 104 cm³/mol. The number of hydrogen-bond acceptors (Lipinski definition) is 5. The second-order valence-electron chi connectivity index (χ2n) is 7.09. The highest BCUT2D eigenvalue weighted by molar-refractivity contribution is 7.89. The molecule has 156 valence electrons. The molecular weight excluding hydrogens is 399 g/mol. The molecule has 3 rings (SSSR count). The Balaban J connectivity index is 1.76. The van der Waals surface area contributed by atoms with E-state index in [4.69, 9.17) is 10.5 Å². The zero-order valence-corrected chi connectivity index (χ0v) is 16.9. The van der Waals surface area contributed by atoms with Gasteiger partial charge in [0.1, 0.15) is 18.1 Å². The van der Waals surface area contributed by atoms with Gasteiger partial charge < -0.3 is 15.4 Å². The minimum absolute atomic E-state index is 0.0456. The lowest BCUT2D eigenvalue weighted by atomic mass is 9.85. The van der Waals surface area contributed by atoms with E-state index in [0.717, 1.165) is 0 Å². The molecule has 1 saturated heterocycles. The van der Waals surface area contributed by atoms with Crippen LogP contribution in [-0.2, 0) is 36.5 Å². The van der Waals surface area contributed by atoms with E-state index in [-0.39, 0.29) is 42.3 Å². The second-order valence-corrected chi connectivity index (χ2v) is 8.68. The van der Waals surface area contributed by atoms with Crippen LogP contribution in [0.15, 0.2) is 34.9 Å². The fraction of sp³-hybridized carbons (Fsp3) is 0.450. The van der Waals surface area contributed by atoms with Crippen molar-refractivity contribution >= 4 is 28.6 Å². The number of carbonyl (C=O) groups is 3. The number of rotatable bonds is 9. The first-order chi connectivity index (χ1) is 13.8. The van der Waals surface area contributed by atoms with Gasteiger partial charge in [-0.3, -0.25) is 13.8 Å². The van der Waals surface area contributed by atoms with Crippen LogP contribution in [0.2, 0.25) is 0 Å². The second kappa shape index (κ2) is 8.86. The molecule has 0 bridgehead atoms. The van der Waals surface area contributed by atoms with E-state index in [1.807, 2.05) is 6.92 Å². The number of nitrogens with two attached hydrogens (primary N) is 1. The highest BCUT2D eigenvalue weighted by Crippen LogP contribution is 2.45. The van der Waals surface area contributed by atoms with Crippen LogP contribution in [-0.4, -0.2) is 38.7 Å². The Kier molecular flexibility index (Phi) is 6.46. The smallest absolute Gasteiger partial charge is 0.356 e. The van der Waals surface area contributed by atoms with Gasteiger partial charge in [0.2, 0.25) is 11.8 Å². The molecule has 0 saturated carbocycles. The van der Waals surface area contributed by atoms with E-state index in [0.29, 0.717) is 29.7 Å². The van der Waals surface area contributed by atoms with Gasteiger partial charge in [-0.15, -0.1) is 0 Å². The van der Waals surface area contributed by atoms with Crippen LogP contribution in [0.3, 0.4) is 0 Å². The van der Waals surface area contributed by atoms with Gasteiger partial charge in [-0.05, 0) is 30.5 Å². The number of fused-ring (bicyclic) bond motifs is 1. The van der Waals surface area contributed by atoms with Crippen LogP contribution < -0.4 is 5.73 Å². The first-order valence-corrected chi connectivity index (χ1v) is 10.8. The molecule has 2 aliphatic rings. The molecular formula is C20H23FN2O5S. The number of ether oxygens (including phenoxy) is 1. The summed E-state index contributed by atoms with van der Waals surface area (Å²) in [4.78, 5) is 37.9. The number of nitrogens with zero attached hydrogens (tertiary/aromatic N) is 1. The van der Waals surface area contributed by atoms with Crippen LogP contribution in [0.4, 0.5) is 4.39 Å². The summed E-state index contributed by atoms with van der Waals surface area (Å²) >= 11 is 0. The van der Waals surface area contributed by atoms with E-state index in [1.165, 1.54) is 29.2 Å². The number of carbonyl (C=O) groups excluding carboxylic acids is 3. The van der Waals surface area contributed by atoms with Gasteiger partial charge in [-0.1, -0.05) is 19.1 Å². The molecule has 7 nitrogen and oxygen atoms in total. The molecule has 0 radical (unpaired) electrons. The van der Waals surface area contributed by atoms with E-state index >= 15 is 0 Å². The molecule has 2 heterocycles. The van der Waals surface area contributed by atoms with Gasteiger partial charge in [-0.2, -0.15) is 0 Å². The Labute approximate surface area is 170 Å². The van der Waals surface area contributed by atoms with E-state index < -0.39 is 28.5 Å². The van der Waals surface area contributed by atoms with E-state index in [2.05, 4.69) is 0 Å². The minimum Gasteiger partial charge on any atom is -0.456 e. The monoisotopic (exact) mass is 422 g/mol. The fourth-order valence-corrected chi connectivity index (χ4v) is 5.10. The van der Waals surface area contributed by atoms with Crippen molar-refractivity contribution in [3.63, 3.8) is 0 Å². The highest BCUT2D eigenvalue weighted by Gasteiger charge is 2.55. The summed E-state index contributed by atoms with van der Waals surface area (Å²) in [6.45, 7) is 1.81. The van der Waals surface area contributed by atoms with Gasteiger partial charge in [0, 0.05) is 23.5 Å². The molecule has 29 heavy (non-hydrogen) atoms. The summed E-state index contributed by atoms with van der Waals surface area (Å²) in [6.07, 6.45) is 1.43. The molecule has 2 amide bonds. The van der Waals surface area contributed by atoms with E-state index in [9.17, 15) is 23.0 Å². The Morgan fingerprint density at radius 1 is 1.31 bits per heavy atom. The number of benzene rings is 1. The molecule has 3 atom stereocenters. The highest BCUT2D eigenvalue weighted by atomic mass is 32.2. The quantitative estimate of drug-likeness (QED) is 0.482. The maximum atomic E-state index is 13.0. The lowest BCUT2D eigenvalue weighted by Crippen LogP contribution is -2.58.